The van der Waals surface area contributed by atoms with E-state index < -0.39 is 40.6 Å². The fraction of sp³-hybridized carbons (Fsp3) is 0.375. The lowest BCUT2D eigenvalue weighted by atomic mass is 10.2. The van der Waals surface area contributed by atoms with E-state index in [0.717, 1.165) is 7.11 Å². The van der Waals surface area contributed by atoms with Crippen LogP contribution in [0, 0.1) is 10.1 Å². The lowest BCUT2D eigenvalue weighted by Crippen LogP contribution is -2.19. The first-order valence-corrected chi connectivity index (χ1v) is 4.42. The van der Waals surface area contributed by atoms with Crippen molar-refractivity contribution in [1.82, 2.24) is 4.98 Å². The van der Waals surface area contributed by atoms with E-state index in [4.69, 9.17) is 0 Å². The Balaban J connectivity index is 3.53. The third-order valence-electron chi connectivity index (χ3n) is 1.84. The molecule has 1 aromatic heterocycles. The molecule has 0 N–H and O–H groups in total. The van der Waals surface area contributed by atoms with Crippen molar-refractivity contribution in [3.05, 3.63) is 21.9 Å². The van der Waals surface area contributed by atoms with Gasteiger partial charge in [-0.15, -0.1) is 13.2 Å². The maximum absolute atomic E-state index is 12.7. The van der Waals surface area contributed by atoms with Gasteiger partial charge in [0.15, 0.2) is 0 Å². The second-order valence-electron chi connectivity index (χ2n) is 3.00. The molecule has 1 heterocycles. The minimum Gasteiger partial charge on any atom is -0.481 e. The lowest BCUT2D eigenvalue weighted by molar-refractivity contribution is -0.389. The van der Waals surface area contributed by atoms with Crippen LogP contribution >= 0.6 is 0 Å². The van der Waals surface area contributed by atoms with Crippen LogP contribution in [0.1, 0.15) is 12.0 Å². The van der Waals surface area contributed by atoms with Crippen molar-refractivity contribution in [2.24, 2.45) is 0 Å². The van der Waals surface area contributed by atoms with E-state index in [1.807, 2.05) is 0 Å². The zero-order valence-corrected chi connectivity index (χ0v) is 9.07. The second-order valence-corrected chi connectivity index (χ2v) is 3.00. The van der Waals surface area contributed by atoms with Gasteiger partial charge < -0.3 is 9.47 Å². The molecular weight excluding hydrogens is 283 g/mol. The minimum atomic E-state index is -5.37. The number of nitro groups is 1. The molecule has 0 bridgehead atoms. The van der Waals surface area contributed by atoms with Crippen LogP contribution in [0.3, 0.4) is 0 Å². The number of ether oxygens (including phenoxy) is 2. The zero-order chi connectivity index (χ0) is 14.8. The van der Waals surface area contributed by atoms with Gasteiger partial charge in [0.2, 0.25) is 11.6 Å². The highest BCUT2D eigenvalue weighted by atomic mass is 19.4. The summed E-state index contributed by atoms with van der Waals surface area (Å²) < 4.78 is 69.4. The van der Waals surface area contributed by atoms with E-state index in [1.165, 1.54) is 0 Å². The van der Waals surface area contributed by atoms with E-state index in [-0.39, 0.29) is 0 Å². The second kappa shape index (κ2) is 5.20. The first-order chi connectivity index (χ1) is 8.67. The summed E-state index contributed by atoms with van der Waals surface area (Å²) in [6, 6.07) is 0. The standard InChI is InChI=1S/C8H5F5N2O4/c1-18-7-4(6(9)10)5(19-8(11,12)13)3(2-14-7)15(16)17/h2,6H,1H3. The molecule has 19 heavy (non-hydrogen) atoms. The largest absolute Gasteiger partial charge is 0.573 e. The summed E-state index contributed by atoms with van der Waals surface area (Å²) in [5.41, 5.74) is -2.78. The molecule has 0 aromatic carbocycles. The molecule has 0 aliphatic heterocycles. The van der Waals surface area contributed by atoms with Gasteiger partial charge in [0.05, 0.1) is 12.0 Å². The van der Waals surface area contributed by atoms with Gasteiger partial charge in [0.25, 0.3) is 6.43 Å². The van der Waals surface area contributed by atoms with Crippen molar-refractivity contribution in [1.29, 1.82) is 0 Å². The quantitative estimate of drug-likeness (QED) is 0.484. The summed E-state index contributed by atoms with van der Waals surface area (Å²) in [7, 11) is 0.872. The molecule has 1 aromatic rings. The van der Waals surface area contributed by atoms with Gasteiger partial charge in [-0.3, -0.25) is 10.1 Å². The molecule has 0 aliphatic rings. The molecule has 0 fully saturated rings. The lowest BCUT2D eigenvalue weighted by Gasteiger charge is -2.14. The maximum atomic E-state index is 12.7. The highest BCUT2D eigenvalue weighted by Gasteiger charge is 2.39. The highest BCUT2D eigenvalue weighted by Crippen LogP contribution is 2.43. The number of methoxy groups -OCH3 is 1. The third-order valence-corrected chi connectivity index (χ3v) is 1.84. The Kier molecular flexibility index (Phi) is 4.07. The van der Waals surface area contributed by atoms with E-state index in [2.05, 4.69) is 14.5 Å². The minimum absolute atomic E-state index is 0.339. The number of halogens is 5. The predicted octanol–water partition coefficient (Wildman–Crippen LogP) is 2.83. The average Bonchev–Trinajstić information content (AvgIpc) is 2.25. The number of rotatable bonds is 4. The maximum Gasteiger partial charge on any atom is 0.573 e. The molecule has 0 atom stereocenters. The van der Waals surface area contributed by atoms with E-state index in [1.54, 1.807) is 0 Å². The van der Waals surface area contributed by atoms with Crippen molar-refractivity contribution < 1.29 is 36.3 Å². The number of nitrogens with zero attached hydrogens (tertiary/aromatic N) is 2. The van der Waals surface area contributed by atoms with Gasteiger partial charge >= 0.3 is 12.0 Å². The molecule has 0 unspecified atom stereocenters. The molecule has 6 nitrogen and oxygen atoms in total. The summed E-state index contributed by atoms with van der Waals surface area (Å²) >= 11 is 0. The van der Waals surface area contributed by atoms with Gasteiger partial charge in [-0.05, 0) is 0 Å². The van der Waals surface area contributed by atoms with Crippen LogP contribution in [0.15, 0.2) is 6.20 Å². The first-order valence-electron chi connectivity index (χ1n) is 4.42. The predicted molar refractivity (Wildman–Crippen MR) is 49.1 cm³/mol. The summed E-state index contributed by atoms with van der Waals surface area (Å²) in [4.78, 5) is 12.3. The Hall–Kier alpha value is -2.20. The number of hydrogen-bond acceptors (Lipinski definition) is 5. The normalized spacial score (nSPS) is 11.5. The SMILES string of the molecule is COc1ncc([N+](=O)[O-])c(OC(F)(F)F)c1C(F)F. The van der Waals surface area contributed by atoms with Crippen LogP contribution in [0.2, 0.25) is 0 Å². The van der Waals surface area contributed by atoms with Gasteiger partial charge in [0.1, 0.15) is 11.8 Å². The van der Waals surface area contributed by atoms with Crippen LogP contribution < -0.4 is 9.47 Å². The van der Waals surface area contributed by atoms with Crippen molar-refractivity contribution in [2.45, 2.75) is 12.8 Å². The Labute approximate surface area is 101 Å². The average molecular weight is 288 g/mol. The Morgan fingerprint density at radius 3 is 2.37 bits per heavy atom. The summed E-state index contributed by atoms with van der Waals surface area (Å²) in [5.74, 6) is -2.53. The molecule has 106 valence electrons. The summed E-state index contributed by atoms with van der Waals surface area (Å²) in [5, 5.41) is 10.5. The first kappa shape index (κ1) is 14.9. The highest BCUT2D eigenvalue weighted by molar-refractivity contribution is 5.54. The molecule has 0 saturated heterocycles. The van der Waals surface area contributed by atoms with Crippen LogP contribution in [0.5, 0.6) is 11.6 Å². The molecular formula is C8H5F5N2O4. The van der Waals surface area contributed by atoms with E-state index in [0.29, 0.717) is 6.20 Å². The Morgan fingerprint density at radius 1 is 1.42 bits per heavy atom. The number of pyridine rings is 1. The fourth-order valence-corrected chi connectivity index (χ4v) is 1.19. The monoisotopic (exact) mass is 288 g/mol. The van der Waals surface area contributed by atoms with Crippen molar-refractivity contribution in [3.8, 4) is 11.6 Å². The van der Waals surface area contributed by atoms with Gasteiger partial charge in [-0.1, -0.05) is 0 Å². The Morgan fingerprint density at radius 2 is 2.00 bits per heavy atom. The van der Waals surface area contributed by atoms with Crippen LogP contribution in [0.4, 0.5) is 27.6 Å². The molecule has 0 saturated carbocycles. The molecule has 0 amide bonds. The van der Waals surface area contributed by atoms with Gasteiger partial charge in [-0.25, -0.2) is 13.8 Å². The smallest absolute Gasteiger partial charge is 0.481 e. The molecule has 0 spiro atoms. The molecule has 0 aliphatic carbocycles. The number of aromatic nitrogens is 1. The van der Waals surface area contributed by atoms with Crippen LogP contribution in [-0.2, 0) is 0 Å². The van der Waals surface area contributed by atoms with Crippen LogP contribution in [0.25, 0.3) is 0 Å². The Bertz CT molecular complexity index is 491. The number of alkyl halides is 5. The fourth-order valence-electron chi connectivity index (χ4n) is 1.19. The molecule has 0 radical (unpaired) electrons. The molecule has 11 heteroatoms. The van der Waals surface area contributed by atoms with E-state index >= 15 is 0 Å². The topological polar surface area (TPSA) is 74.5 Å². The van der Waals surface area contributed by atoms with Gasteiger partial charge in [0, 0.05) is 0 Å². The number of hydrogen-bond donors (Lipinski definition) is 0. The summed E-state index contributed by atoms with van der Waals surface area (Å²) in [6.07, 6.45) is -8.54. The zero-order valence-electron chi connectivity index (χ0n) is 9.07. The van der Waals surface area contributed by atoms with E-state index in [9.17, 15) is 32.1 Å². The van der Waals surface area contributed by atoms with Gasteiger partial charge in [-0.2, -0.15) is 0 Å². The third kappa shape index (κ3) is 3.39. The van der Waals surface area contributed by atoms with Crippen LogP contribution in [-0.4, -0.2) is 23.4 Å². The summed E-state index contributed by atoms with van der Waals surface area (Å²) in [6.45, 7) is 0. The molecule has 1 rings (SSSR count). The van der Waals surface area contributed by atoms with Crippen molar-refractivity contribution in [2.75, 3.05) is 7.11 Å². The van der Waals surface area contributed by atoms with Crippen molar-refractivity contribution >= 4 is 5.69 Å². The van der Waals surface area contributed by atoms with Crippen molar-refractivity contribution in [3.63, 3.8) is 0 Å².